The number of aromatic nitrogens is 2. The van der Waals surface area contributed by atoms with Crippen molar-refractivity contribution in [1.29, 1.82) is 0 Å². The third-order valence-corrected chi connectivity index (χ3v) is 4.93. The van der Waals surface area contributed by atoms with Crippen LogP contribution in [0.2, 0.25) is 0 Å². The van der Waals surface area contributed by atoms with E-state index in [0.29, 0.717) is 63.8 Å². The SMILES string of the molecule is CC(C)c1noc(CCCC(=O)N2CCN(C(=O)[C@@H]3CCCO3)CC2)n1. The van der Waals surface area contributed by atoms with E-state index in [2.05, 4.69) is 10.1 Å². The molecule has 0 saturated carbocycles. The molecule has 2 aliphatic rings. The molecule has 0 bridgehead atoms. The molecular formula is C18H28N4O4. The van der Waals surface area contributed by atoms with E-state index in [0.717, 1.165) is 12.8 Å². The van der Waals surface area contributed by atoms with Gasteiger partial charge >= 0.3 is 0 Å². The number of carbonyl (C=O) groups is 2. The van der Waals surface area contributed by atoms with Gasteiger partial charge in [-0.25, -0.2) is 0 Å². The van der Waals surface area contributed by atoms with Crippen LogP contribution in [-0.4, -0.2) is 70.6 Å². The van der Waals surface area contributed by atoms with Crippen molar-refractivity contribution < 1.29 is 18.8 Å². The van der Waals surface area contributed by atoms with Gasteiger partial charge in [0.1, 0.15) is 6.10 Å². The molecule has 1 aromatic heterocycles. The average molecular weight is 364 g/mol. The van der Waals surface area contributed by atoms with Crippen LogP contribution in [0.4, 0.5) is 0 Å². The van der Waals surface area contributed by atoms with Crippen LogP contribution in [0.15, 0.2) is 4.52 Å². The number of hydrogen-bond acceptors (Lipinski definition) is 6. The molecule has 2 saturated heterocycles. The third kappa shape index (κ3) is 4.60. The zero-order valence-electron chi connectivity index (χ0n) is 15.6. The van der Waals surface area contributed by atoms with Crippen LogP contribution in [0, 0.1) is 0 Å². The fraction of sp³-hybridized carbons (Fsp3) is 0.778. The van der Waals surface area contributed by atoms with Crippen LogP contribution in [0.1, 0.15) is 57.2 Å². The Kier molecular flexibility index (Phi) is 6.24. The topological polar surface area (TPSA) is 88.8 Å². The second kappa shape index (κ2) is 8.62. The maximum atomic E-state index is 12.4. The molecule has 0 spiro atoms. The summed E-state index contributed by atoms with van der Waals surface area (Å²) in [5.74, 6) is 1.74. The smallest absolute Gasteiger partial charge is 0.251 e. The third-order valence-electron chi connectivity index (χ3n) is 4.93. The number of aryl methyl sites for hydroxylation is 1. The Morgan fingerprint density at radius 2 is 1.92 bits per heavy atom. The van der Waals surface area contributed by atoms with E-state index in [4.69, 9.17) is 9.26 Å². The van der Waals surface area contributed by atoms with E-state index in [1.807, 2.05) is 23.6 Å². The minimum atomic E-state index is -0.276. The molecule has 0 aliphatic carbocycles. The van der Waals surface area contributed by atoms with Crippen molar-refractivity contribution >= 4 is 11.8 Å². The van der Waals surface area contributed by atoms with E-state index >= 15 is 0 Å². The van der Waals surface area contributed by atoms with Crippen molar-refractivity contribution in [2.75, 3.05) is 32.8 Å². The highest BCUT2D eigenvalue weighted by Crippen LogP contribution is 2.16. The molecule has 144 valence electrons. The van der Waals surface area contributed by atoms with Crippen molar-refractivity contribution in [3.8, 4) is 0 Å². The second-order valence-electron chi connectivity index (χ2n) is 7.26. The zero-order valence-corrected chi connectivity index (χ0v) is 15.6. The highest BCUT2D eigenvalue weighted by Gasteiger charge is 2.31. The van der Waals surface area contributed by atoms with Crippen LogP contribution in [0.25, 0.3) is 0 Å². The Bertz CT molecular complexity index is 616. The minimum Gasteiger partial charge on any atom is -0.368 e. The van der Waals surface area contributed by atoms with Crippen LogP contribution in [0.3, 0.4) is 0 Å². The summed E-state index contributed by atoms with van der Waals surface area (Å²) in [6, 6.07) is 0. The van der Waals surface area contributed by atoms with Gasteiger partial charge in [0, 0.05) is 51.5 Å². The molecule has 0 radical (unpaired) electrons. The highest BCUT2D eigenvalue weighted by molar-refractivity contribution is 5.82. The van der Waals surface area contributed by atoms with Crippen LogP contribution in [-0.2, 0) is 20.7 Å². The summed E-state index contributed by atoms with van der Waals surface area (Å²) in [6.45, 7) is 7.07. The number of amides is 2. The molecule has 3 heterocycles. The molecule has 8 heteroatoms. The summed E-state index contributed by atoms with van der Waals surface area (Å²) in [5, 5.41) is 3.93. The van der Waals surface area contributed by atoms with Gasteiger partial charge in [-0.3, -0.25) is 9.59 Å². The van der Waals surface area contributed by atoms with Gasteiger partial charge in [0.25, 0.3) is 5.91 Å². The number of nitrogens with zero attached hydrogens (tertiary/aromatic N) is 4. The first-order valence-corrected chi connectivity index (χ1v) is 9.55. The summed E-state index contributed by atoms with van der Waals surface area (Å²) < 4.78 is 10.7. The van der Waals surface area contributed by atoms with E-state index < -0.39 is 0 Å². The molecule has 1 atom stereocenters. The largest absolute Gasteiger partial charge is 0.368 e. The Balaban J connectivity index is 1.37. The molecule has 0 N–H and O–H groups in total. The van der Waals surface area contributed by atoms with Crippen LogP contribution < -0.4 is 0 Å². The van der Waals surface area contributed by atoms with Crippen molar-refractivity contribution in [1.82, 2.24) is 19.9 Å². The number of hydrogen-bond donors (Lipinski definition) is 0. The predicted octanol–water partition coefficient (Wildman–Crippen LogP) is 1.37. The van der Waals surface area contributed by atoms with Gasteiger partial charge in [0.05, 0.1) is 0 Å². The number of rotatable bonds is 6. The first-order chi connectivity index (χ1) is 12.5. The number of ether oxygens (including phenoxy) is 1. The second-order valence-corrected chi connectivity index (χ2v) is 7.26. The average Bonchev–Trinajstić information content (AvgIpc) is 3.33. The van der Waals surface area contributed by atoms with Gasteiger partial charge < -0.3 is 19.1 Å². The zero-order chi connectivity index (χ0) is 18.5. The molecule has 3 rings (SSSR count). The lowest BCUT2D eigenvalue weighted by atomic mass is 10.1. The number of carbonyl (C=O) groups excluding carboxylic acids is 2. The number of piperazine rings is 1. The van der Waals surface area contributed by atoms with Gasteiger partial charge in [-0.05, 0) is 19.3 Å². The van der Waals surface area contributed by atoms with E-state index in [1.54, 1.807) is 0 Å². The van der Waals surface area contributed by atoms with Crippen LogP contribution in [0.5, 0.6) is 0 Å². The summed E-state index contributed by atoms with van der Waals surface area (Å²) in [4.78, 5) is 32.7. The van der Waals surface area contributed by atoms with Gasteiger partial charge in [-0.1, -0.05) is 19.0 Å². The van der Waals surface area contributed by atoms with Crippen molar-refractivity contribution in [2.45, 2.75) is 58.0 Å². The summed E-state index contributed by atoms with van der Waals surface area (Å²) in [5.41, 5.74) is 0. The normalized spacial score (nSPS) is 20.8. The summed E-state index contributed by atoms with van der Waals surface area (Å²) >= 11 is 0. The standard InChI is InChI=1S/C18H28N4O4/c1-13(2)17-19-15(26-20-17)6-3-7-16(23)21-8-10-22(11-9-21)18(24)14-5-4-12-25-14/h13-14H,3-12H2,1-2H3/t14-/m0/s1. The Morgan fingerprint density at radius 1 is 1.19 bits per heavy atom. The van der Waals surface area contributed by atoms with Gasteiger partial charge in [-0.2, -0.15) is 4.98 Å². The quantitative estimate of drug-likeness (QED) is 0.757. The monoisotopic (exact) mass is 364 g/mol. The Morgan fingerprint density at radius 3 is 2.54 bits per heavy atom. The lowest BCUT2D eigenvalue weighted by molar-refractivity contribution is -0.146. The van der Waals surface area contributed by atoms with Crippen molar-refractivity contribution in [2.24, 2.45) is 0 Å². The minimum absolute atomic E-state index is 0.0759. The highest BCUT2D eigenvalue weighted by atomic mass is 16.5. The van der Waals surface area contributed by atoms with Gasteiger partial charge in [0.15, 0.2) is 5.82 Å². The molecule has 1 aromatic rings. The van der Waals surface area contributed by atoms with Crippen LogP contribution >= 0.6 is 0 Å². The molecule has 26 heavy (non-hydrogen) atoms. The molecule has 2 fully saturated rings. The van der Waals surface area contributed by atoms with Crippen molar-refractivity contribution in [3.63, 3.8) is 0 Å². The Labute approximate surface area is 153 Å². The summed E-state index contributed by atoms with van der Waals surface area (Å²) in [6.07, 6.45) is 3.25. The summed E-state index contributed by atoms with van der Waals surface area (Å²) in [7, 11) is 0. The lowest BCUT2D eigenvalue weighted by Crippen LogP contribution is -2.52. The first-order valence-electron chi connectivity index (χ1n) is 9.55. The molecule has 8 nitrogen and oxygen atoms in total. The maximum absolute atomic E-state index is 12.4. The van der Waals surface area contributed by atoms with E-state index in [9.17, 15) is 9.59 Å². The molecule has 2 amide bonds. The Hall–Kier alpha value is -1.96. The van der Waals surface area contributed by atoms with Gasteiger partial charge in [0.2, 0.25) is 11.8 Å². The van der Waals surface area contributed by atoms with Gasteiger partial charge in [-0.15, -0.1) is 0 Å². The lowest BCUT2D eigenvalue weighted by Gasteiger charge is -2.35. The predicted molar refractivity (Wildman–Crippen MR) is 93.5 cm³/mol. The van der Waals surface area contributed by atoms with E-state index in [-0.39, 0.29) is 23.8 Å². The van der Waals surface area contributed by atoms with E-state index in [1.165, 1.54) is 0 Å². The maximum Gasteiger partial charge on any atom is 0.251 e. The first kappa shape index (κ1) is 18.8. The molecular weight excluding hydrogens is 336 g/mol. The fourth-order valence-corrected chi connectivity index (χ4v) is 3.31. The van der Waals surface area contributed by atoms with Crippen molar-refractivity contribution in [3.05, 3.63) is 11.7 Å². The molecule has 0 unspecified atom stereocenters. The fourth-order valence-electron chi connectivity index (χ4n) is 3.31. The molecule has 2 aliphatic heterocycles. The molecule has 0 aromatic carbocycles.